The number of benzene rings is 1. The molecule has 5 heteroatoms. The number of rotatable bonds is 7. The molecule has 0 heterocycles. The molecule has 0 saturated heterocycles. The van der Waals surface area contributed by atoms with Gasteiger partial charge in [0.15, 0.2) is 0 Å². The summed E-state index contributed by atoms with van der Waals surface area (Å²) in [6.07, 6.45) is 2.65. The molecule has 0 aliphatic rings. The molecular formula is C15H24ClN3O. The number of hydrogen-bond donors (Lipinski definition) is 2. The summed E-state index contributed by atoms with van der Waals surface area (Å²) >= 11 is 5.82. The predicted molar refractivity (Wildman–Crippen MR) is 86.1 cm³/mol. The number of hydrogen-bond acceptors (Lipinski definition) is 3. The fraction of sp³-hybridized carbons (Fsp3) is 0.533. The monoisotopic (exact) mass is 297 g/mol. The van der Waals surface area contributed by atoms with E-state index in [0.717, 1.165) is 19.4 Å². The number of nitrogens with two attached hydrogens (primary N) is 1. The van der Waals surface area contributed by atoms with E-state index in [9.17, 15) is 4.79 Å². The second-order valence-corrected chi connectivity index (χ2v) is 5.42. The molecule has 0 unspecified atom stereocenters. The Morgan fingerprint density at radius 2 is 2.05 bits per heavy atom. The zero-order valence-electron chi connectivity index (χ0n) is 12.4. The second-order valence-electron chi connectivity index (χ2n) is 4.98. The Balaban J connectivity index is 2.48. The highest BCUT2D eigenvalue weighted by Crippen LogP contribution is 2.22. The third-order valence-electron chi connectivity index (χ3n) is 3.55. The summed E-state index contributed by atoms with van der Waals surface area (Å²) in [4.78, 5) is 14.2. The molecule has 0 atom stereocenters. The molecule has 0 saturated carbocycles. The maximum Gasteiger partial charge on any atom is 0.225 e. The lowest BCUT2D eigenvalue weighted by Crippen LogP contribution is -2.33. The first-order valence-corrected chi connectivity index (χ1v) is 7.40. The van der Waals surface area contributed by atoms with Crippen LogP contribution in [-0.2, 0) is 4.79 Å². The molecule has 3 N–H and O–H groups in total. The van der Waals surface area contributed by atoms with Crippen LogP contribution < -0.4 is 11.1 Å². The lowest BCUT2D eigenvalue weighted by atomic mass is 10.1. The van der Waals surface area contributed by atoms with Crippen molar-refractivity contribution < 1.29 is 4.79 Å². The molecule has 1 aromatic carbocycles. The van der Waals surface area contributed by atoms with Gasteiger partial charge in [-0.3, -0.25) is 4.79 Å². The Kier molecular flexibility index (Phi) is 6.82. The first-order valence-electron chi connectivity index (χ1n) is 7.03. The fourth-order valence-electron chi connectivity index (χ4n) is 2.23. The van der Waals surface area contributed by atoms with Crippen molar-refractivity contribution in [1.29, 1.82) is 0 Å². The summed E-state index contributed by atoms with van der Waals surface area (Å²) in [6, 6.07) is 5.60. The predicted octanol–water partition coefficient (Wildman–Crippen LogP) is 3.37. The standard InChI is InChI=1S/C15H24ClN3O/c1-4-12(5-2)19(3)9-8-15(20)18-14-7-6-11(16)10-13(14)17/h6-7,10,12H,4-5,8-9,17H2,1-3H3,(H,18,20). The zero-order chi connectivity index (χ0) is 15.1. The number of amides is 1. The van der Waals surface area contributed by atoms with Gasteiger partial charge in [-0.1, -0.05) is 25.4 Å². The van der Waals surface area contributed by atoms with Gasteiger partial charge >= 0.3 is 0 Å². The van der Waals surface area contributed by atoms with Crippen LogP contribution in [0.1, 0.15) is 33.1 Å². The molecule has 4 nitrogen and oxygen atoms in total. The van der Waals surface area contributed by atoms with Crippen LogP contribution >= 0.6 is 11.6 Å². The molecule has 1 rings (SSSR count). The minimum atomic E-state index is -0.0307. The molecule has 0 aliphatic carbocycles. The van der Waals surface area contributed by atoms with Gasteiger partial charge in [0.2, 0.25) is 5.91 Å². The maximum atomic E-state index is 11.9. The van der Waals surface area contributed by atoms with Gasteiger partial charge in [-0.2, -0.15) is 0 Å². The molecule has 0 aromatic heterocycles. The normalized spacial score (nSPS) is 11.1. The van der Waals surface area contributed by atoms with Crippen molar-refractivity contribution in [3.05, 3.63) is 23.2 Å². The zero-order valence-corrected chi connectivity index (χ0v) is 13.2. The minimum Gasteiger partial charge on any atom is -0.397 e. The van der Waals surface area contributed by atoms with Gasteiger partial charge in [-0.15, -0.1) is 0 Å². The molecule has 112 valence electrons. The summed E-state index contributed by atoms with van der Waals surface area (Å²) in [5.74, 6) is -0.0307. The van der Waals surface area contributed by atoms with Gasteiger partial charge < -0.3 is 16.0 Å². The van der Waals surface area contributed by atoms with Gasteiger partial charge in [-0.25, -0.2) is 0 Å². The largest absolute Gasteiger partial charge is 0.397 e. The average Bonchev–Trinajstić information content (AvgIpc) is 2.41. The van der Waals surface area contributed by atoms with E-state index in [0.29, 0.717) is 28.9 Å². The van der Waals surface area contributed by atoms with Crippen molar-refractivity contribution in [2.45, 2.75) is 39.2 Å². The van der Waals surface area contributed by atoms with Crippen LogP contribution in [0.15, 0.2) is 18.2 Å². The van der Waals surface area contributed by atoms with E-state index in [2.05, 4.69) is 31.1 Å². The number of anilines is 2. The number of carbonyl (C=O) groups is 1. The Bertz CT molecular complexity index is 447. The molecular weight excluding hydrogens is 274 g/mol. The van der Waals surface area contributed by atoms with Gasteiger partial charge in [0.1, 0.15) is 0 Å². The fourth-order valence-corrected chi connectivity index (χ4v) is 2.41. The highest BCUT2D eigenvalue weighted by atomic mass is 35.5. The van der Waals surface area contributed by atoms with Gasteiger partial charge in [0.25, 0.3) is 0 Å². The van der Waals surface area contributed by atoms with E-state index in [-0.39, 0.29) is 5.91 Å². The molecule has 0 aliphatic heterocycles. The van der Waals surface area contributed by atoms with Gasteiger partial charge in [0.05, 0.1) is 11.4 Å². The van der Waals surface area contributed by atoms with Crippen LogP contribution in [-0.4, -0.2) is 30.4 Å². The SMILES string of the molecule is CCC(CC)N(C)CCC(=O)Nc1ccc(Cl)cc1N. The van der Waals surface area contributed by atoms with E-state index >= 15 is 0 Å². The quantitative estimate of drug-likeness (QED) is 0.759. The minimum absolute atomic E-state index is 0.0307. The van der Waals surface area contributed by atoms with Crippen LogP contribution in [0.25, 0.3) is 0 Å². The molecule has 1 amide bonds. The number of halogens is 1. The first-order chi connectivity index (χ1) is 9.47. The van der Waals surface area contributed by atoms with E-state index in [1.807, 2.05) is 0 Å². The molecule has 1 aromatic rings. The Labute approximate surface area is 126 Å². The van der Waals surface area contributed by atoms with Crippen molar-refractivity contribution in [1.82, 2.24) is 4.90 Å². The van der Waals surface area contributed by atoms with Crippen LogP contribution in [0.4, 0.5) is 11.4 Å². The summed E-state index contributed by atoms with van der Waals surface area (Å²) < 4.78 is 0. The third kappa shape index (κ3) is 5.02. The van der Waals surface area contributed by atoms with E-state index in [1.54, 1.807) is 18.2 Å². The molecule has 0 spiro atoms. The van der Waals surface area contributed by atoms with Crippen molar-refractivity contribution in [3.8, 4) is 0 Å². The summed E-state index contributed by atoms with van der Waals surface area (Å²) in [5, 5.41) is 3.38. The number of nitrogens with zero attached hydrogens (tertiary/aromatic N) is 1. The van der Waals surface area contributed by atoms with Crippen LogP contribution in [0, 0.1) is 0 Å². The lowest BCUT2D eigenvalue weighted by molar-refractivity contribution is -0.116. The summed E-state index contributed by atoms with van der Waals surface area (Å²) in [6.45, 7) is 5.07. The number of carbonyl (C=O) groups excluding carboxylic acids is 1. The first kappa shape index (κ1) is 16.8. The highest BCUT2D eigenvalue weighted by Gasteiger charge is 2.12. The third-order valence-corrected chi connectivity index (χ3v) is 3.78. The molecule has 0 bridgehead atoms. The van der Waals surface area contributed by atoms with Crippen LogP contribution in [0.3, 0.4) is 0 Å². The van der Waals surface area contributed by atoms with Crippen molar-refractivity contribution in [2.75, 3.05) is 24.6 Å². The van der Waals surface area contributed by atoms with E-state index < -0.39 is 0 Å². The Morgan fingerprint density at radius 1 is 1.40 bits per heavy atom. The highest BCUT2D eigenvalue weighted by molar-refractivity contribution is 6.31. The second kappa shape index (κ2) is 8.12. The summed E-state index contributed by atoms with van der Waals surface area (Å²) in [5.41, 5.74) is 6.91. The number of nitrogens with one attached hydrogen (secondary N) is 1. The van der Waals surface area contributed by atoms with Crippen molar-refractivity contribution >= 4 is 28.9 Å². The summed E-state index contributed by atoms with van der Waals surface area (Å²) in [7, 11) is 2.06. The van der Waals surface area contributed by atoms with Gasteiger partial charge in [-0.05, 0) is 38.1 Å². The van der Waals surface area contributed by atoms with Crippen LogP contribution in [0.5, 0.6) is 0 Å². The average molecular weight is 298 g/mol. The molecule has 0 radical (unpaired) electrons. The molecule has 20 heavy (non-hydrogen) atoms. The lowest BCUT2D eigenvalue weighted by Gasteiger charge is -2.25. The topological polar surface area (TPSA) is 58.4 Å². The smallest absolute Gasteiger partial charge is 0.225 e. The maximum absolute atomic E-state index is 11.9. The van der Waals surface area contributed by atoms with Crippen molar-refractivity contribution in [2.24, 2.45) is 0 Å². The molecule has 0 fully saturated rings. The van der Waals surface area contributed by atoms with Gasteiger partial charge in [0, 0.05) is 24.0 Å². The Hall–Kier alpha value is -1.26. The van der Waals surface area contributed by atoms with E-state index in [1.165, 1.54) is 0 Å². The van der Waals surface area contributed by atoms with E-state index in [4.69, 9.17) is 17.3 Å². The van der Waals surface area contributed by atoms with Crippen molar-refractivity contribution in [3.63, 3.8) is 0 Å². The van der Waals surface area contributed by atoms with Crippen LogP contribution in [0.2, 0.25) is 5.02 Å². The number of nitrogen functional groups attached to an aromatic ring is 1. The Morgan fingerprint density at radius 3 is 2.60 bits per heavy atom.